The second-order valence-corrected chi connectivity index (χ2v) is 8.77. The lowest BCUT2D eigenvalue weighted by Crippen LogP contribution is -2.47. The standard InChI is InChI=1S/C30H29N3O2/c31-22-24-16-19-25(20-17-24)29(30(35)32-26-12-6-2-7-13-26)33(27-14-8-3-9-15-27)28(34)21-18-23-10-4-1-5-11-23/h1,3-5,8-11,14-21,26,29H,2,6-7,12-13H2,(H,32,35)/b21-18+. The van der Waals surface area contributed by atoms with Crippen molar-refractivity contribution in [2.45, 2.75) is 44.2 Å². The minimum absolute atomic E-state index is 0.102. The molecule has 1 unspecified atom stereocenters. The van der Waals surface area contributed by atoms with E-state index in [2.05, 4.69) is 11.4 Å². The molecule has 5 heteroatoms. The van der Waals surface area contributed by atoms with Gasteiger partial charge in [0.1, 0.15) is 6.04 Å². The van der Waals surface area contributed by atoms with Crippen molar-refractivity contribution in [1.29, 1.82) is 5.26 Å². The first-order chi connectivity index (χ1) is 17.2. The van der Waals surface area contributed by atoms with E-state index in [1.54, 1.807) is 35.2 Å². The Hall–Kier alpha value is -4.17. The van der Waals surface area contributed by atoms with E-state index in [4.69, 9.17) is 0 Å². The molecular weight excluding hydrogens is 434 g/mol. The van der Waals surface area contributed by atoms with Gasteiger partial charge in [-0.1, -0.05) is 79.9 Å². The molecule has 1 saturated carbocycles. The van der Waals surface area contributed by atoms with Crippen molar-refractivity contribution in [3.63, 3.8) is 0 Å². The summed E-state index contributed by atoms with van der Waals surface area (Å²) in [5.74, 6) is -0.514. The summed E-state index contributed by atoms with van der Waals surface area (Å²) in [4.78, 5) is 29.0. The third kappa shape index (κ3) is 6.24. The molecule has 4 rings (SSSR count). The number of carbonyl (C=O) groups is 2. The Balaban J connectivity index is 1.73. The number of hydrogen-bond donors (Lipinski definition) is 1. The highest BCUT2D eigenvalue weighted by molar-refractivity contribution is 6.08. The third-order valence-corrected chi connectivity index (χ3v) is 6.30. The van der Waals surface area contributed by atoms with Crippen LogP contribution >= 0.6 is 0 Å². The molecule has 1 aliphatic rings. The number of rotatable bonds is 7. The van der Waals surface area contributed by atoms with E-state index in [0.29, 0.717) is 16.8 Å². The molecule has 1 N–H and O–H groups in total. The summed E-state index contributed by atoms with van der Waals surface area (Å²) >= 11 is 0. The maximum atomic E-state index is 13.8. The van der Waals surface area contributed by atoms with Crippen molar-refractivity contribution in [2.24, 2.45) is 0 Å². The zero-order valence-electron chi connectivity index (χ0n) is 19.6. The quantitative estimate of drug-likeness (QED) is 0.451. The Bertz CT molecular complexity index is 1190. The van der Waals surface area contributed by atoms with Crippen molar-refractivity contribution in [1.82, 2.24) is 5.32 Å². The molecule has 0 aliphatic heterocycles. The number of anilines is 1. The van der Waals surface area contributed by atoms with Gasteiger partial charge in [-0.2, -0.15) is 5.26 Å². The fraction of sp³-hybridized carbons (Fsp3) is 0.233. The summed E-state index contributed by atoms with van der Waals surface area (Å²) in [5, 5.41) is 12.4. The maximum absolute atomic E-state index is 13.8. The molecule has 3 aromatic carbocycles. The molecule has 0 bridgehead atoms. The van der Waals surface area contributed by atoms with Crippen LogP contribution in [0.4, 0.5) is 5.69 Å². The van der Waals surface area contributed by atoms with E-state index < -0.39 is 6.04 Å². The second-order valence-electron chi connectivity index (χ2n) is 8.77. The molecular formula is C30H29N3O2. The van der Waals surface area contributed by atoms with Gasteiger partial charge in [0.15, 0.2) is 0 Å². The van der Waals surface area contributed by atoms with Crippen LogP contribution in [0.15, 0.2) is 91.0 Å². The van der Waals surface area contributed by atoms with Crippen LogP contribution in [-0.4, -0.2) is 17.9 Å². The van der Waals surface area contributed by atoms with Crippen LogP contribution < -0.4 is 10.2 Å². The molecule has 1 atom stereocenters. The van der Waals surface area contributed by atoms with Gasteiger partial charge in [0.05, 0.1) is 11.6 Å². The molecule has 35 heavy (non-hydrogen) atoms. The molecule has 0 radical (unpaired) electrons. The smallest absolute Gasteiger partial charge is 0.252 e. The summed E-state index contributed by atoms with van der Waals surface area (Å²) < 4.78 is 0. The Morgan fingerprint density at radius 1 is 0.886 bits per heavy atom. The minimum atomic E-state index is -0.875. The van der Waals surface area contributed by atoms with Gasteiger partial charge in [-0.05, 0) is 54.3 Å². The largest absolute Gasteiger partial charge is 0.351 e. The van der Waals surface area contributed by atoms with Crippen LogP contribution in [0.3, 0.4) is 0 Å². The number of para-hydroxylation sites is 1. The highest BCUT2D eigenvalue weighted by Crippen LogP contribution is 2.30. The van der Waals surface area contributed by atoms with E-state index in [-0.39, 0.29) is 17.9 Å². The number of nitriles is 1. The minimum Gasteiger partial charge on any atom is -0.351 e. The monoisotopic (exact) mass is 463 g/mol. The average Bonchev–Trinajstić information content (AvgIpc) is 2.92. The Morgan fingerprint density at radius 3 is 2.14 bits per heavy atom. The normalized spacial score (nSPS) is 14.7. The first-order valence-corrected chi connectivity index (χ1v) is 12.1. The molecule has 5 nitrogen and oxygen atoms in total. The summed E-state index contributed by atoms with van der Waals surface area (Å²) in [6.07, 6.45) is 8.52. The van der Waals surface area contributed by atoms with Crippen LogP contribution in [0, 0.1) is 11.3 Å². The Kier molecular flexibility index (Phi) is 8.08. The van der Waals surface area contributed by atoms with Crippen LogP contribution in [0.2, 0.25) is 0 Å². The lowest BCUT2D eigenvalue weighted by Gasteiger charge is -2.33. The average molecular weight is 464 g/mol. The zero-order valence-corrected chi connectivity index (χ0v) is 19.6. The van der Waals surface area contributed by atoms with Crippen molar-refractivity contribution in [3.8, 4) is 6.07 Å². The SMILES string of the molecule is N#Cc1ccc(C(C(=O)NC2CCCCC2)N(C(=O)/C=C/c2ccccc2)c2ccccc2)cc1. The number of benzene rings is 3. The van der Waals surface area contributed by atoms with Crippen molar-refractivity contribution in [2.75, 3.05) is 4.90 Å². The van der Waals surface area contributed by atoms with Gasteiger partial charge in [0.2, 0.25) is 5.91 Å². The van der Waals surface area contributed by atoms with Gasteiger partial charge < -0.3 is 5.32 Å². The van der Waals surface area contributed by atoms with Crippen LogP contribution in [0.5, 0.6) is 0 Å². The molecule has 0 spiro atoms. The molecule has 3 aromatic rings. The van der Waals surface area contributed by atoms with Crippen LogP contribution in [0.1, 0.15) is 54.8 Å². The Labute approximate surface area is 206 Å². The van der Waals surface area contributed by atoms with E-state index in [9.17, 15) is 14.9 Å². The van der Waals surface area contributed by atoms with E-state index >= 15 is 0 Å². The van der Waals surface area contributed by atoms with E-state index in [1.807, 2.05) is 60.7 Å². The molecule has 0 saturated heterocycles. The fourth-order valence-corrected chi connectivity index (χ4v) is 4.49. The highest BCUT2D eigenvalue weighted by atomic mass is 16.2. The molecule has 1 fully saturated rings. The fourth-order valence-electron chi connectivity index (χ4n) is 4.49. The summed E-state index contributed by atoms with van der Waals surface area (Å²) in [5.41, 5.74) is 2.68. The summed E-state index contributed by atoms with van der Waals surface area (Å²) in [6.45, 7) is 0. The van der Waals surface area contributed by atoms with Crippen molar-refractivity contribution in [3.05, 3.63) is 108 Å². The van der Waals surface area contributed by atoms with Gasteiger partial charge in [0.25, 0.3) is 5.91 Å². The van der Waals surface area contributed by atoms with Gasteiger partial charge in [0, 0.05) is 17.8 Å². The first-order valence-electron chi connectivity index (χ1n) is 12.1. The number of nitrogens with one attached hydrogen (secondary N) is 1. The van der Waals surface area contributed by atoms with Crippen molar-refractivity contribution >= 4 is 23.6 Å². The van der Waals surface area contributed by atoms with E-state index in [0.717, 1.165) is 31.2 Å². The molecule has 2 amide bonds. The molecule has 176 valence electrons. The highest BCUT2D eigenvalue weighted by Gasteiger charge is 2.33. The lowest BCUT2D eigenvalue weighted by atomic mass is 9.94. The molecule has 1 aliphatic carbocycles. The predicted octanol–water partition coefficient (Wildman–Crippen LogP) is 5.79. The van der Waals surface area contributed by atoms with E-state index in [1.165, 1.54) is 12.5 Å². The first kappa shape index (κ1) is 24.0. The Morgan fingerprint density at radius 2 is 1.51 bits per heavy atom. The maximum Gasteiger partial charge on any atom is 0.252 e. The van der Waals surface area contributed by atoms with Gasteiger partial charge in [-0.3, -0.25) is 14.5 Å². The number of hydrogen-bond acceptors (Lipinski definition) is 3. The molecule has 0 heterocycles. The second kappa shape index (κ2) is 11.8. The lowest BCUT2D eigenvalue weighted by molar-refractivity contribution is -0.126. The van der Waals surface area contributed by atoms with Gasteiger partial charge in [-0.15, -0.1) is 0 Å². The summed E-state index contributed by atoms with van der Waals surface area (Å²) in [7, 11) is 0. The van der Waals surface area contributed by atoms with Crippen molar-refractivity contribution < 1.29 is 9.59 Å². The third-order valence-electron chi connectivity index (χ3n) is 6.30. The molecule has 0 aromatic heterocycles. The van der Waals surface area contributed by atoms with Crippen LogP contribution in [0.25, 0.3) is 6.08 Å². The summed E-state index contributed by atoms with van der Waals surface area (Å²) in [6, 6.07) is 27.1. The zero-order chi connectivity index (χ0) is 24.5. The van der Waals surface area contributed by atoms with Crippen LogP contribution in [-0.2, 0) is 9.59 Å². The predicted molar refractivity (Wildman–Crippen MR) is 138 cm³/mol. The van der Waals surface area contributed by atoms with Gasteiger partial charge in [-0.25, -0.2) is 0 Å². The number of amides is 2. The topological polar surface area (TPSA) is 73.2 Å². The number of carbonyl (C=O) groups excluding carboxylic acids is 2. The van der Waals surface area contributed by atoms with Gasteiger partial charge >= 0.3 is 0 Å². The number of nitrogens with zero attached hydrogens (tertiary/aromatic N) is 2.